The summed E-state index contributed by atoms with van der Waals surface area (Å²) in [5.41, 5.74) is 10.9. The smallest absolute Gasteiger partial charge is 0.524 e. The molecule has 0 N–H and O–H groups in total. The van der Waals surface area contributed by atoms with Gasteiger partial charge in [-0.15, -0.1) is 11.3 Å². The van der Waals surface area contributed by atoms with Crippen molar-refractivity contribution in [2.75, 3.05) is 4.81 Å². The first-order valence-corrected chi connectivity index (χ1v) is 14.4. The quantitative estimate of drug-likeness (QED) is 0.208. The second-order valence-electron chi connectivity index (χ2n) is 10.5. The van der Waals surface area contributed by atoms with Gasteiger partial charge in [0.2, 0.25) is 0 Å². The van der Waals surface area contributed by atoms with E-state index in [2.05, 4.69) is 132 Å². The number of rotatable bonds is 2. The number of thiophene rings is 1. The minimum absolute atomic E-state index is 0.159. The average Bonchev–Trinajstić information content (AvgIpc) is 3.60. The molecule has 2 nitrogen and oxygen atoms in total. The summed E-state index contributed by atoms with van der Waals surface area (Å²) in [6.45, 7) is 0. The normalized spacial score (nSPS) is 13.1. The standard InChI is InChI=1S/C36H22BNOS/c1-3-15-32-27(11-1)30-22-24(19-20-31(30)37-38(32)33-16-4-5-17-34(33)39-37)23-9-7-10-25(21-23)26-13-8-14-29-28-12-2-6-18-35(28)40-36(26)29/h1-22H. The lowest BCUT2D eigenvalue weighted by molar-refractivity contribution is 0.603. The van der Waals surface area contributed by atoms with Crippen molar-refractivity contribution in [3.63, 3.8) is 0 Å². The number of benzene rings is 6. The lowest BCUT2D eigenvalue weighted by Crippen LogP contribution is -2.50. The third kappa shape index (κ3) is 3.11. The van der Waals surface area contributed by atoms with Crippen molar-refractivity contribution in [2.24, 2.45) is 0 Å². The summed E-state index contributed by atoms with van der Waals surface area (Å²) in [5, 5.41) is 2.66. The summed E-state index contributed by atoms with van der Waals surface area (Å²) in [7, 11) is -0.159. The first-order valence-electron chi connectivity index (χ1n) is 13.6. The molecule has 186 valence electrons. The topological polar surface area (TPSA) is 12.5 Å². The highest BCUT2D eigenvalue weighted by atomic mass is 32.1. The maximum atomic E-state index is 6.51. The van der Waals surface area contributed by atoms with Crippen LogP contribution in [-0.2, 0) is 0 Å². The van der Waals surface area contributed by atoms with Crippen molar-refractivity contribution in [3.05, 3.63) is 133 Å². The fraction of sp³-hybridized carbons (Fsp3) is 0. The highest BCUT2D eigenvalue weighted by Crippen LogP contribution is 2.47. The second-order valence-corrected chi connectivity index (χ2v) is 11.5. The Morgan fingerprint density at radius 1 is 0.525 bits per heavy atom. The first-order chi connectivity index (χ1) is 19.8. The summed E-state index contributed by atoms with van der Waals surface area (Å²) in [5.74, 6) is 0.933. The van der Waals surface area contributed by atoms with Gasteiger partial charge in [0.15, 0.2) is 0 Å². The molecule has 3 heterocycles. The molecule has 7 aromatic rings. The highest BCUT2D eigenvalue weighted by Gasteiger charge is 2.44. The van der Waals surface area contributed by atoms with Crippen molar-refractivity contribution in [1.29, 1.82) is 0 Å². The highest BCUT2D eigenvalue weighted by molar-refractivity contribution is 7.26. The van der Waals surface area contributed by atoms with Crippen molar-refractivity contribution >= 4 is 55.4 Å². The molecule has 0 radical (unpaired) electrons. The monoisotopic (exact) mass is 527 g/mol. The van der Waals surface area contributed by atoms with Crippen LogP contribution in [-0.4, -0.2) is 7.05 Å². The van der Waals surface area contributed by atoms with Crippen LogP contribution in [0, 0.1) is 0 Å². The maximum Gasteiger partial charge on any atom is 0.524 e. The predicted octanol–water partition coefficient (Wildman–Crippen LogP) is 9.29. The van der Waals surface area contributed by atoms with Crippen LogP contribution in [0.15, 0.2) is 133 Å². The molecule has 2 aliphatic heterocycles. The lowest BCUT2D eigenvalue weighted by atomic mass is 9.64. The Morgan fingerprint density at radius 3 is 2.23 bits per heavy atom. The summed E-state index contributed by atoms with van der Waals surface area (Å²) in [6.07, 6.45) is 0. The Hall–Kier alpha value is -4.80. The molecular weight excluding hydrogens is 505 g/mol. The molecule has 6 aromatic carbocycles. The predicted molar refractivity (Wildman–Crippen MR) is 170 cm³/mol. The van der Waals surface area contributed by atoms with Gasteiger partial charge in [0.25, 0.3) is 0 Å². The van der Waals surface area contributed by atoms with Gasteiger partial charge >= 0.3 is 7.05 Å². The Kier molecular flexibility index (Phi) is 4.61. The van der Waals surface area contributed by atoms with E-state index in [4.69, 9.17) is 4.65 Å². The van der Waals surface area contributed by atoms with Crippen LogP contribution in [0.4, 0.5) is 11.4 Å². The summed E-state index contributed by atoms with van der Waals surface area (Å²) in [6, 6.07) is 48.2. The fourth-order valence-corrected chi connectivity index (χ4v) is 7.69. The molecule has 0 fully saturated rings. The molecule has 9 rings (SSSR count). The van der Waals surface area contributed by atoms with Gasteiger partial charge in [0, 0.05) is 31.4 Å². The van der Waals surface area contributed by atoms with Gasteiger partial charge < -0.3 is 9.47 Å². The van der Waals surface area contributed by atoms with Crippen LogP contribution in [0.3, 0.4) is 0 Å². The molecule has 0 amide bonds. The van der Waals surface area contributed by atoms with Crippen LogP contribution in [0.25, 0.3) is 53.6 Å². The molecule has 0 saturated heterocycles. The Bertz CT molecular complexity index is 2130. The van der Waals surface area contributed by atoms with E-state index in [1.807, 2.05) is 17.4 Å². The lowest BCUT2D eigenvalue weighted by Gasteiger charge is -2.31. The Morgan fingerprint density at radius 2 is 1.25 bits per heavy atom. The molecule has 0 saturated carbocycles. The van der Waals surface area contributed by atoms with Gasteiger partial charge in [-0.3, -0.25) is 0 Å². The van der Waals surface area contributed by atoms with E-state index in [0.29, 0.717) is 0 Å². The van der Waals surface area contributed by atoms with Gasteiger partial charge in [0.1, 0.15) is 5.75 Å². The van der Waals surface area contributed by atoms with E-state index in [1.165, 1.54) is 64.7 Å². The maximum absolute atomic E-state index is 6.51. The van der Waals surface area contributed by atoms with Crippen molar-refractivity contribution in [2.45, 2.75) is 0 Å². The van der Waals surface area contributed by atoms with Gasteiger partial charge in [0.05, 0.1) is 5.69 Å². The zero-order valence-corrected chi connectivity index (χ0v) is 22.4. The summed E-state index contributed by atoms with van der Waals surface area (Å²) >= 11 is 1.88. The molecule has 40 heavy (non-hydrogen) atoms. The fourth-order valence-electron chi connectivity index (χ4n) is 6.45. The van der Waals surface area contributed by atoms with Crippen molar-refractivity contribution in [1.82, 2.24) is 0 Å². The number of fused-ring (bicyclic) bond motifs is 11. The third-order valence-electron chi connectivity index (χ3n) is 8.28. The SMILES string of the molecule is c1cc(-c2ccc3c(c2)-c2ccccc2N2B3Oc3ccccc32)cc(-c2cccc3c2sc2ccccc23)c1. The van der Waals surface area contributed by atoms with E-state index in [9.17, 15) is 0 Å². The largest absolute Gasteiger partial charge is 0.536 e. The molecular formula is C36H22BNOS. The van der Waals surface area contributed by atoms with Crippen molar-refractivity contribution in [3.8, 4) is 39.1 Å². The van der Waals surface area contributed by atoms with E-state index in [0.717, 1.165) is 11.4 Å². The Labute approximate surface area is 236 Å². The van der Waals surface area contributed by atoms with Crippen LogP contribution >= 0.6 is 11.3 Å². The van der Waals surface area contributed by atoms with Crippen LogP contribution in [0.5, 0.6) is 5.75 Å². The zero-order chi connectivity index (χ0) is 26.2. The van der Waals surface area contributed by atoms with E-state index in [1.54, 1.807) is 0 Å². The molecule has 0 spiro atoms. The second kappa shape index (κ2) is 8.35. The first kappa shape index (κ1) is 22.1. The number of nitrogens with zero attached hydrogens (tertiary/aromatic N) is 1. The number of anilines is 2. The number of hydrogen-bond acceptors (Lipinski definition) is 3. The molecule has 4 heteroatoms. The summed E-state index contributed by atoms with van der Waals surface area (Å²) < 4.78 is 9.19. The minimum Gasteiger partial charge on any atom is -0.536 e. The van der Waals surface area contributed by atoms with Crippen LogP contribution in [0.1, 0.15) is 0 Å². The third-order valence-corrected chi connectivity index (χ3v) is 9.50. The van der Waals surface area contributed by atoms with Gasteiger partial charge in [-0.25, -0.2) is 0 Å². The molecule has 0 aliphatic carbocycles. The van der Waals surface area contributed by atoms with E-state index < -0.39 is 0 Å². The molecule has 1 aromatic heterocycles. The summed E-state index contributed by atoms with van der Waals surface area (Å²) in [4.78, 5) is 2.33. The van der Waals surface area contributed by atoms with Gasteiger partial charge in [-0.05, 0) is 69.7 Å². The Balaban J connectivity index is 1.18. The average molecular weight is 527 g/mol. The van der Waals surface area contributed by atoms with Crippen molar-refractivity contribution < 1.29 is 4.65 Å². The van der Waals surface area contributed by atoms with Crippen LogP contribution < -0.4 is 14.9 Å². The van der Waals surface area contributed by atoms with Crippen LogP contribution in [0.2, 0.25) is 0 Å². The van der Waals surface area contributed by atoms with E-state index >= 15 is 0 Å². The molecule has 2 aliphatic rings. The molecule has 0 bridgehead atoms. The van der Waals surface area contributed by atoms with E-state index in [-0.39, 0.29) is 7.05 Å². The number of para-hydroxylation sites is 3. The minimum atomic E-state index is -0.159. The zero-order valence-electron chi connectivity index (χ0n) is 21.5. The van der Waals surface area contributed by atoms with Gasteiger partial charge in [-0.2, -0.15) is 0 Å². The molecule has 0 unspecified atom stereocenters. The van der Waals surface area contributed by atoms with Gasteiger partial charge in [-0.1, -0.05) is 97.1 Å². The number of hydrogen-bond donors (Lipinski definition) is 0. The molecule has 0 atom stereocenters.